The van der Waals surface area contributed by atoms with Crippen molar-refractivity contribution < 1.29 is 13.2 Å². The predicted molar refractivity (Wildman–Crippen MR) is 114 cm³/mol. The van der Waals surface area contributed by atoms with Crippen LogP contribution in [0.4, 0.5) is 0 Å². The quantitative estimate of drug-likeness (QED) is 0.840. The Morgan fingerprint density at radius 1 is 1.04 bits per heavy atom. The summed E-state index contributed by atoms with van der Waals surface area (Å²) in [6.07, 6.45) is 3.40. The van der Waals surface area contributed by atoms with E-state index in [4.69, 9.17) is 4.74 Å². The van der Waals surface area contributed by atoms with Crippen LogP contribution in [0.3, 0.4) is 0 Å². The lowest BCUT2D eigenvalue weighted by molar-refractivity contribution is 0.189. The maximum atomic E-state index is 11.6. The molecule has 0 radical (unpaired) electrons. The molecule has 1 aliphatic carbocycles. The van der Waals surface area contributed by atoms with E-state index in [0.717, 1.165) is 18.6 Å². The third-order valence-electron chi connectivity index (χ3n) is 6.20. The van der Waals surface area contributed by atoms with E-state index < -0.39 is 9.84 Å². The Morgan fingerprint density at radius 2 is 1.71 bits per heavy atom. The van der Waals surface area contributed by atoms with Crippen LogP contribution in [-0.2, 0) is 16.3 Å². The van der Waals surface area contributed by atoms with Crippen LogP contribution in [0.2, 0.25) is 0 Å². The van der Waals surface area contributed by atoms with Gasteiger partial charge in [0.05, 0.1) is 11.5 Å². The van der Waals surface area contributed by atoms with Crippen molar-refractivity contribution in [3.8, 4) is 16.9 Å². The molecule has 0 saturated carbocycles. The van der Waals surface area contributed by atoms with Gasteiger partial charge in [-0.25, -0.2) is 8.42 Å². The number of nitrogens with one attached hydrogen (secondary N) is 1. The summed E-state index contributed by atoms with van der Waals surface area (Å²) in [6, 6.07) is 11.3. The first-order valence-corrected chi connectivity index (χ1v) is 12.0. The number of aryl methyl sites for hydroxylation is 2. The molecule has 0 unspecified atom stereocenters. The minimum absolute atomic E-state index is 0.00876. The minimum Gasteiger partial charge on any atom is -0.490 e. The van der Waals surface area contributed by atoms with E-state index in [1.165, 1.54) is 33.4 Å². The van der Waals surface area contributed by atoms with Crippen molar-refractivity contribution >= 4 is 9.84 Å². The lowest BCUT2D eigenvalue weighted by Crippen LogP contribution is -2.30. The van der Waals surface area contributed by atoms with Crippen LogP contribution in [0.1, 0.15) is 47.6 Å². The van der Waals surface area contributed by atoms with E-state index in [9.17, 15) is 8.42 Å². The van der Waals surface area contributed by atoms with E-state index >= 15 is 0 Å². The van der Waals surface area contributed by atoms with Crippen molar-refractivity contribution in [1.82, 2.24) is 5.32 Å². The number of sulfone groups is 1. The van der Waals surface area contributed by atoms with Gasteiger partial charge in [0.25, 0.3) is 0 Å². The summed E-state index contributed by atoms with van der Waals surface area (Å²) in [5.41, 5.74) is 7.92. The van der Waals surface area contributed by atoms with E-state index in [1.54, 1.807) is 0 Å². The Bertz CT molecular complexity index is 960. The van der Waals surface area contributed by atoms with Crippen LogP contribution in [0.25, 0.3) is 11.1 Å². The minimum atomic E-state index is -2.86. The van der Waals surface area contributed by atoms with Crippen molar-refractivity contribution in [3.05, 3.63) is 52.6 Å². The first-order chi connectivity index (χ1) is 13.4. The standard InChI is InChI=1S/C23H29NO3S/c1-15-13-18(27-17-9-11-28(25,26)12-10-17)14-16(2)23(15)21-6-4-5-20-19(21)7-8-22(20)24-3/h4-6,13-14,17,22,24H,7-12H2,1-3H3/t22-/m1/s1. The van der Waals surface area contributed by atoms with Gasteiger partial charge >= 0.3 is 0 Å². The summed E-state index contributed by atoms with van der Waals surface area (Å²) in [5, 5.41) is 3.43. The molecule has 1 heterocycles. The van der Waals surface area contributed by atoms with Crippen molar-refractivity contribution in [2.45, 2.75) is 51.7 Å². The lowest BCUT2D eigenvalue weighted by atomic mass is 9.90. The zero-order valence-electron chi connectivity index (χ0n) is 16.9. The fraction of sp³-hybridized carbons (Fsp3) is 0.478. The topological polar surface area (TPSA) is 55.4 Å². The number of benzene rings is 2. The molecular weight excluding hydrogens is 370 g/mol. The summed E-state index contributed by atoms with van der Waals surface area (Å²) in [4.78, 5) is 0. The molecule has 1 saturated heterocycles. The van der Waals surface area contributed by atoms with Crippen molar-refractivity contribution in [3.63, 3.8) is 0 Å². The molecule has 0 bridgehead atoms. The van der Waals surface area contributed by atoms with Gasteiger partial charge in [-0.05, 0) is 92.1 Å². The molecule has 0 amide bonds. The van der Waals surface area contributed by atoms with Gasteiger partial charge in [0.2, 0.25) is 0 Å². The monoisotopic (exact) mass is 399 g/mol. The van der Waals surface area contributed by atoms with Crippen molar-refractivity contribution in [2.75, 3.05) is 18.6 Å². The molecule has 2 aromatic carbocycles. The van der Waals surface area contributed by atoms with Gasteiger partial charge in [-0.3, -0.25) is 0 Å². The van der Waals surface area contributed by atoms with Gasteiger partial charge in [0.15, 0.2) is 9.84 Å². The van der Waals surface area contributed by atoms with Gasteiger partial charge in [-0.2, -0.15) is 0 Å². The maximum Gasteiger partial charge on any atom is 0.150 e. The second-order valence-corrected chi connectivity index (χ2v) is 10.5. The predicted octanol–water partition coefficient (Wildman–Crippen LogP) is 4.13. The largest absolute Gasteiger partial charge is 0.490 e. The number of rotatable bonds is 4. The van der Waals surface area contributed by atoms with Gasteiger partial charge in [-0.1, -0.05) is 18.2 Å². The Labute approximate surface area is 168 Å². The molecule has 1 aliphatic heterocycles. The Hall–Kier alpha value is -1.85. The van der Waals surface area contributed by atoms with Gasteiger partial charge < -0.3 is 10.1 Å². The van der Waals surface area contributed by atoms with E-state index in [1.807, 2.05) is 7.05 Å². The molecule has 4 rings (SSSR count). The third-order valence-corrected chi connectivity index (χ3v) is 7.91. The number of hydrogen-bond donors (Lipinski definition) is 1. The zero-order valence-corrected chi connectivity index (χ0v) is 17.7. The van der Waals surface area contributed by atoms with Crippen molar-refractivity contribution in [2.24, 2.45) is 0 Å². The smallest absolute Gasteiger partial charge is 0.150 e. The van der Waals surface area contributed by atoms with Crippen molar-refractivity contribution in [1.29, 1.82) is 0 Å². The maximum absolute atomic E-state index is 11.6. The van der Waals surface area contributed by atoms with Crippen LogP contribution < -0.4 is 10.1 Å². The molecule has 0 spiro atoms. The first kappa shape index (κ1) is 19.5. The molecule has 1 atom stereocenters. The summed E-state index contributed by atoms with van der Waals surface area (Å²) < 4.78 is 29.4. The average molecular weight is 400 g/mol. The third kappa shape index (κ3) is 3.70. The average Bonchev–Trinajstić information content (AvgIpc) is 3.07. The normalized spacial score (nSPS) is 21.5. The molecule has 4 nitrogen and oxygen atoms in total. The molecule has 5 heteroatoms. The fourth-order valence-corrected chi connectivity index (χ4v) is 6.23. The number of ether oxygens (including phenoxy) is 1. The highest BCUT2D eigenvalue weighted by molar-refractivity contribution is 7.91. The molecule has 2 aliphatic rings. The lowest BCUT2D eigenvalue weighted by Gasteiger charge is -2.24. The molecule has 1 N–H and O–H groups in total. The Kier molecular flexibility index (Phi) is 5.23. The molecule has 1 fully saturated rings. The second-order valence-electron chi connectivity index (χ2n) is 8.15. The van der Waals surface area contributed by atoms with Crippen LogP contribution in [-0.4, -0.2) is 33.1 Å². The highest BCUT2D eigenvalue weighted by Gasteiger charge is 2.26. The van der Waals surface area contributed by atoms with Crippen LogP contribution in [0.5, 0.6) is 5.75 Å². The number of hydrogen-bond acceptors (Lipinski definition) is 4. The molecule has 2 aromatic rings. The Balaban J connectivity index is 1.62. The van der Waals surface area contributed by atoms with Crippen LogP contribution >= 0.6 is 0 Å². The SMILES string of the molecule is CN[C@@H]1CCc2c(-c3c(C)cc(OC4CCS(=O)(=O)CC4)cc3C)cccc21. The number of fused-ring (bicyclic) bond motifs is 1. The summed E-state index contributed by atoms with van der Waals surface area (Å²) in [7, 11) is -0.832. The van der Waals surface area contributed by atoms with Gasteiger partial charge in [0, 0.05) is 6.04 Å². The van der Waals surface area contributed by atoms with Crippen LogP contribution in [0, 0.1) is 13.8 Å². The van der Waals surface area contributed by atoms with E-state index in [0.29, 0.717) is 18.9 Å². The first-order valence-electron chi connectivity index (χ1n) is 10.2. The summed E-state index contributed by atoms with van der Waals surface area (Å²) in [6.45, 7) is 4.29. The van der Waals surface area contributed by atoms with Gasteiger partial charge in [0.1, 0.15) is 11.9 Å². The zero-order chi connectivity index (χ0) is 19.9. The highest BCUT2D eigenvalue weighted by Crippen LogP contribution is 2.40. The second kappa shape index (κ2) is 7.53. The Morgan fingerprint density at radius 3 is 2.36 bits per heavy atom. The molecule has 150 valence electrons. The molecule has 0 aromatic heterocycles. The highest BCUT2D eigenvalue weighted by atomic mass is 32.2. The fourth-order valence-electron chi connectivity index (χ4n) is 4.78. The molecule has 28 heavy (non-hydrogen) atoms. The summed E-state index contributed by atoms with van der Waals surface area (Å²) >= 11 is 0. The van der Waals surface area contributed by atoms with E-state index in [2.05, 4.69) is 49.5 Å². The van der Waals surface area contributed by atoms with Gasteiger partial charge in [-0.15, -0.1) is 0 Å². The molecular formula is C23H29NO3S. The summed E-state index contributed by atoms with van der Waals surface area (Å²) in [5.74, 6) is 1.32. The van der Waals surface area contributed by atoms with E-state index in [-0.39, 0.29) is 17.6 Å². The van der Waals surface area contributed by atoms with Crippen LogP contribution in [0.15, 0.2) is 30.3 Å².